The number of hydrogen-bond acceptors (Lipinski definition) is 4. The van der Waals surface area contributed by atoms with Crippen molar-refractivity contribution in [2.45, 2.75) is 46.0 Å². The van der Waals surface area contributed by atoms with E-state index in [0.29, 0.717) is 19.4 Å². The van der Waals surface area contributed by atoms with Gasteiger partial charge in [0.05, 0.1) is 6.10 Å². The number of ether oxygens (including phenoxy) is 2. The molecule has 5 heteroatoms. The highest BCUT2D eigenvalue weighted by atomic mass is 16.7. The van der Waals surface area contributed by atoms with Crippen molar-refractivity contribution >= 4 is 11.9 Å². The molecule has 0 radical (unpaired) electrons. The summed E-state index contributed by atoms with van der Waals surface area (Å²) in [6, 6.07) is 0. The number of amides is 1. The van der Waals surface area contributed by atoms with Gasteiger partial charge in [0.2, 0.25) is 12.2 Å². The van der Waals surface area contributed by atoms with Crippen LogP contribution in [0.15, 0.2) is 12.7 Å². The van der Waals surface area contributed by atoms with Crippen LogP contribution in [0.3, 0.4) is 0 Å². The van der Waals surface area contributed by atoms with Crippen molar-refractivity contribution in [1.82, 2.24) is 5.32 Å². The summed E-state index contributed by atoms with van der Waals surface area (Å²) in [4.78, 5) is 22.0. The van der Waals surface area contributed by atoms with Gasteiger partial charge in [-0.1, -0.05) is 20.4 Å². The molecule has 0 aromatic carbocycles. The Bertz CT molecular complexity index is 265. The molecule has 2 unspecified atom stereocenters. The lowest BCUT2D eigenvalue weighted by molar-refractivity contribution is -0.188. The molecule has 98 valence electrons. The zero-order valence-electron chi connectivity index (χ0n) is 10.7. The molecule has 0 rings (SSSR count). The highest BCUT2D eigenvalue weighted by molar-refractivity contribution is 5.86. The van der Waals surface area contributed by atoms with Gasteiger partial charge in [-0.05, 0) is 13.0 Å². The molecular weight excluding hydrogens is 222 g/mol. The van der Waals surface area contributed by atoms with Crippen LogP contribution >= 0.6 is 0 Å². The molecule has 0 bridgehead atoms. The first-order chi connectivity index (χ1) is 8.03. The predicted octanol–water partition coefficient (Wildman–Crippen LogP) is 1.38. The third kappa shape index (κ3) is 7.52. The maximum atomic E-state index is 11.1. The normalized spacial score (nSPS) is 13.6. The summed E-state index contributed by atoms with van der Waals surface area (Å²) in [5, 5.41) is 2.61. The average molecular weight is 243 g/mol. The SMILES string of the molecule is C=CC(=O)NCC(C)OC(CC)OC(=O)CC. The molecule has 2 atom stereocenters. The third-order valence-corrected chi connectivity index (χ3v) is 2.02. The van der Waals surface area contributed by atoms with Gasteiger partial charge in [-0.3, -0.25) is 9.59 Å². The number of hydrogen-bond donors (Lipinski definition) is 1. The van der Waals surface area contributed by atoms with Crippen LogP contribution in [0.2, 0.25) is 0 Å². The van der Waals surface area contributed by atoms with Gasteiger partial charge in [0, 0.05) is 19.4 Å². The summed E-state index contributed by atoms with van der Waals surface area (Å²) >= 11 is 0. The minimum Gasteiger partial charge on any atom is -0.436 e. The fourth-order valence-corrected chi connectivity index (χ4v) is 1.06. The number of carbonyl (C=O) groups excluding carboxylic acids is 2. The van der Waals surface area contributed by atoms with E-state index in [-0.39, 0.29) is 18.0 Å². The molecule has 17 heavy (non-hydrogen) atoms. The zero-order chi connectivity index (χ0) is 13.3. The average Bonchev–Trinajstić information content (AvgIpc) is 2.34. The van der Waals surface area contributed by atoms with Gasteiger partial charge in [0.1, 0.15) is 0 Å². The third-order valence-electron chi connectivity index (χ3n) is 2.02. The summed E-state index contributed by atoms with van der Waals surface area (Å²) < 4.78 is 10.5. The monoisotopic (exact) mass is 243 g/mol. The second kappa shape index (κ2) is 8.75. The van der Waals surface area contributed by atoms with Crippen LogP contribution in [-0.4, -0.2) is 30.8 Å². The maximum absolute atomic E-state index is 11.1. The van der Waals surface area contributed by atoms with Crippen LogP contribution < -0.4 is 5.32 Å². The van der Waals surface area contributed by atoms with Crippen LogP contribution in [0.4, 0.5) is 0 Å². The largest absolute Gasteiger partial charge is 0.436 e. The molecule has 0 aliphatic rings. The maximum Gasteiger partial charge on any atom is 0.307 e. The highest BCUT2D eigenvalue weighted by Gasteiger charge is 2.15. The van der Waals surface area contributed by atoms with Crippen molar-refractivity contribution in [3.63, 3.8) is 0 Å². The smallest absolute Gasteiger partial charge is 0.307 e. The molecule has 0 fully saturated rings. The van der Waals surface area contributed by atoms with Crippen molar-refractivity contribution in [1.29, 1.82) is 0 Å². The van der Waals surface area contributed by atoms with Crippen LogP contribution in [-0.2, 0) is 19.1 Å². The van der Waals surface area contributed by atoms with Crippen LogP contribution in [0.5, 0.6) is 0 Å². The van der Waals surface area contributed by atoms with Crippen LogP contribution in [0.1, 0.15) is 33.6 Å². The molecule has 0 spiro atoms. The van der Waals surface area contributed by atoms with Crippen molar-refractivity contribution in [3.05, 3.63) is 12.7 Å². The first-order valence-corrected chi connectivity index (χ1v) is 5.78. The fraction of sp³-hybridized carbons (Fsp3) is 0.667. The van der Waals surface area contributed by atoms with Gasteiger partial charge in [-0.15, -0.1) is 0 Å². The molecule has 0 heterocycles. The standard InChI is InChI=1S/C12H21NO4/c1-5-10(14)13-8-9(4)16-12(7-3)17-11(15)6-2/h5,9,12H,1,6-8H2,2-4H3,(H,13,14). The van der Waals surface area contributed by atoms with Gasteiger partial charge in [-0.25, -0.2) is 0 Å². The molecule has 0 aromatic rings. The van der Waals surface area contributed by atoms with Crippen molar-refractivity contribution in [2.24, 2.45) is 0 Å². The van der Waals surface area contributed by atoms with Gasteiger partial charge in [0.25, 0.3) is 0 Å². The molecular formula is C12H21NO4. The van der Waals surface area contributed by atoms with Gasteiger partial charge >= 0.3 is 5.97 Å². The number of carbonyl (C=O) groups is 2. The number of esters is 1. The van der Waals surface area contributed by atoms with E-state index in [4.69, 9.17) is 9.47 Å². The summed E-state index contributed by atoms with van der Waals surface area (Å²) in [5.41, 5.74) is 0. The Labute approximate surface area is 102 Å². The molecule has 1 N–H and O–H groups in total. The highest BCUT2D eigenvalue weighted by Crippen LogP contribution is 2.05. The van der Waals surface area contributed by atoms with E-state index in [0.717, 1.165) is 0 Å². The Morgan fingerprint density at radius 2 is 2.06 bits per heavy atom. The van der Waals surface area contributed by atoms with Gasteiger partial charge in [0.15, 0.2) is 0 Å². The molecule has 0 saturated carbocycles. The Morgan fingerprint density at radius 1 is 1.41 bits per heavy atom. The Morgan fingerprint density at radius 3 is 2.53 bits per heavy atom. The van der Waals surface area contributed by atoms with E-state index in [1.165, 1.54) is 6.08 Å². The topological polar surface area (TPSA) is 64.6 Å². The van der Waals surface area contributed by atoms with Crippen molar-refractivity contribution in [3.8, 4) is 0 Å². The number of nitrogens with one attached hydrogen (secondary N) is 1. The molecule has 0 aliphatic carbocycles. The predicted molar refractivity (Wildman–Crippen MR) is 64.2 cm³/mol. The minimum atomic E-state index is -0.557. The van der Waals surface area contributed by atoms with E-state index in [1.807, 2.05) is 6.92 Å². The van der Waals surface area contributed by atoms with Crippen LogP contribution in [0, 0.1) is 0 Å². The lowest BCUT2D eigenvalue weighted by atomic mass is 10.3. The molecule has 0 saturated heterocycles. The Hall–Kier alpha value is -1.36. The van der Waals surface area contributed by atoms with Crippen molar-refractivity contribution in [2.75, 3.05) is 6.54 Å². The van der Waals surface area contributed by atoms with E-state index in [1.54, 1.807) is 13.8 Å². The van der Waals surface area contributed by atoms with E-state index in [2.05, 4.69) is 11.9 Å². The summed E-state index contributed by atoms with van der Waals surface area (Å²) in [7, 11) is 0. The van der Waals surface area contributed by atoms with Crippen LogP contribution in [0.25, 0.3) is 0 Å². The van der Waals surface area contributed by atoms with E-state index in [9.17, 15) is 9.59 Å². The quantitative estimate of drug-likeness (QED) is 0.397. The zero-order valence-corrected chi connectivity index (χ0v) is 10.7. The lowest BCUT2D eigenvalue weighted by Crippen LogP contribution is -2.34. The lowest BCUT2D eigenvalue weighted by Gasteiger charge is -2.21. The second-order valence-electron chi connectivity index (χ2n) is 3.58. The van der Waals surface area contributed by atoms with E-state index >= 15 is 0 Å². The molecule has 1 amide bonds. The minimum absolute atomic E-state index is 0.228. The summed E-state index contributed by atoms with van der Waals surface area (Å²) in [6.07, 6.45) is 1.31. The fourth-order valence-electron chi connectivity index (χ4n) is 1.06. The van der Waals surface area contributed by atoms with Crippen molar-refractivity contribution < 1.29 is 19.1 Å². The van der Waals surface area contributed by atoms with E-state index < -0.39 is 6.29 Å². The number of rotatable bonds is 8. The molecule has 0 aromatic heterocycles. The summed E-state index contributed by atoms with van der Waals surface area (Å²) in [5.74, 6) is -0.543. The van der Waals surface area contributed by atoms with Gasteiger partial charge in [-0.2, -0.15) is 0 Å². The Balaban J connectivity index is 3.96. The molecule has 5 nitrogen and oxygen atoms in total. The first-order valence-electron chi connectivity index (χ1n) is 5.78. The first kappa shape index (κ1) is 15.6. The summed E-state index contributed by atoms with van der Waals surface area (Å²) in [6.45, 7) is 9.08. The molecule has 0 aliphatic heterocycles. The second-order valence-corrected chi connectivity index (χ2v) is 3.58. The van der Waals surface area contributed by atoms with Gasteiger partial charge < -0.3 is 14.8 Å². The Kier molecular flexibility index (Phi) is 8.05.